The number of hydrogen-bond acceptors (Lipinski definition) is 3. The molecular weight excluding hydrogens is 347 g/mol. The van der Waals surface area contributed by atoms with Crippen molar-refractivity contribution in [3.8, 4) is 0 Å². The van der Waals surface area contributed by atoms with E-state index in [2.05, 4.69) is 0 Å². The molecule has 1 aromatic rings. The highest BCUT2D eigenvalue weighted by atomic mass is 19.1. The lowest BCUT2D eigenvalue weighted by atomic mass is 9.76. The molecule has 2 heterocycles. The minimum atomic E-state index is -0.318. The summed E-state index contributed by atoms with van der Waals surface area (Å²) in [7, 11) is 0. The molecule has 0 bridgehead atoms. The second-order valence-electron chi connectivity index (χ2n) is 8.16. The van der Waals surface area contributed by atoms with Crippen LogP contribution in [0.15, 0.2) is 24.3 Å². The van der Waals surface area contributed by atoms with Crippen LogP contribution in [0.3, 0.4) is 0 Å². The number of hydroxylamine groups is 2. The van der Waals surface area contributed by atoms with E-state index in [1.165, 1.54) is 12.1 Å². The molecule has 146 valence electrons. The Labute approximate surface area is 159 Å². The summed E-state index contributed by atoms with van der Waals surface area (Å²) in [4.78, 5) is 33.2. The number of halogens is 1. The van der Waals surface area contributed by atoms with Gasteiger partial charge in [0.25, 0.3) is 0 Å². The van der Waals surface area contributed by atoms with E-state index in [1.54, 1.807) is 17.2 Å². The van der Waals surface area contributed by atoms with E-state index < -0.39 is 0 Å². The summed E-state index contributed by atoms with van der Waals surface area (Å²) in [6, 6.07) is 6.21. The van der Waals surface area contributed by atoms with Gasteiger partial charge in [0.1, 0.15) is 5.82 Å². The number of carbonyl (C=O) groups excluding carboxylic acids is 2. The van der Waals surface area contributed by atoms with Gasteiger partial charge >= 0.3 is 0 Å². The minimum absolute atomic E-state index is 0.0183. The first-order chi connectivity index (χ1) is 13.1. The fraction of sp³-hybridized carbons (Fsp3) is 0.619. The van der Waals surface area contributed by atoms with Gasteiger partial charge < -0.3 is 4.90 Å². The van der Waals surface area contributed by atoms with E-state index in [1.807, 2.05) is 4.90 Å². The maximum Gasteiger partial charge on any atom is 0.249 e. The van der Waals surface area contributed by atoms with Gasteiger partial charge in [0.05, 0.1) is 13.0 Å². The Bertz CT molecular complexity index is 719. The lowest BCUT2D eigenvalue weighted by Crippen LogP contribution is -2.45. The maximum atomic E-state index is 13.4. The van der Waals surface area contributed by atoms with Gasteiger partial charge in [-0.2, -0.15) is 0 Å². The summed E-state index contributed by atoms with van der Waals surface area (Å²) in [6.07, 6.45) is 5.96. The number of carbonyl (C=O) groups is 2. The molecule has 27 heavy (non-hydrogen) atoms. The smallest absolute Gasteiger partial charge is 0.249 e. The third-order valence-corrected chi connectivity index (χ3v) is 6.44. The molecule has 1 aliphatic carbocycles. The number of nitrogens with zero attached hydrogens (tertiary/aromatic N) is 2. The fourth-order valence-corrected chi connectivity index (χ4v) is 5.00. The predicted molar refractivity (Wildman–Crippen MR) is 98.0 cm³/mol. The molecule has 2 saturated heterocycles. The van der Waals surface area contributed by atoms with Gasteiger partial charge in [-0.1, -0.05) is 18.6 Å². The van der Waals surface area contributed by atoms with Crippen molar-refractivity contribution in [1.82, 2.24) is 9.96 Å². The fourth-order valence-electron chi connectivity index (χ4n) is 5.00. The molecule has 6 heteroatoms. The average Bonchev–Trinajstić information content (AvgIpc) is 3.29. The maximum absolute atomic E-state index is 13.4. The van der Waals surface area contributed by atoms with E-state index in [-0.39, 0.29) is 35.4 Å². The van der Waals surface area contributed by atoms with Crippen LogP contribution in [0.25, 0.3) is 0 Å². The van der Waals surface area contributed by atoms with Crippen molar-refractivity contribution < 1.29 is 18.8 Å². The van der Waals surface area contributed by atoms with Gasteiger partial charge in [0.15, 0.2) is 0 Å². The summed E-state index contributed by atoms with van der Waals surface area (Å²) >= 11 is 0. The third-order valence-electron chi connectivity index (χ3n) is 6.44. The zero-order valence-corrected chi connectivity index (χ0v) is 15.7. The van der Waals surface area contributed by atoms with Crippen LogP contribution in [-0.4, -0.2) is 48.0 Å². The van der Waals surface area contributed by atoms with Crippen LogP contribution < -0.4 is 0 Å². The normalized spacial score (nSPS) is 28.1. The molecule has 3 aliphatic rings. The molecular formula is C21H27FN2O3. The van der Waals surface area contributed by atoms with E-state index in [0.29, 0.717) is 31.8 Å². The zero-order valence-electron chi connectivity index (χ0n) is 15.7. The summed E-state index contributed by atoms with van der Waals surface area (Å²) < 4.78 is 13.4. The van der Waals surface area contributed by atoms with Crippen molar-refractivity contribution in [3.05, 3.63) is 35.6 Å². The van der Waals surface area contributed by atoms with Gasteiger partial charge in [-0.15, -0.1) is 0 Å². The Balaban J connectivity index is 1.42. The number of likely N-dealkylation sites (tertiary alicyclic amines) is 1. The van der Waals surface area contributed by atoms with E-state index in [4.69, 9.17) is 4.84 Å². The van der Waals surface area contributed by atoms with Crippen LogP contribution in [0.5, 0.6) is 0 Å². The first-order valence-corrected chi connectivity index (χ1v) is 10.0. The average molecular weight is 374 g/mol. The van der Waals surface area contributed by atoms with Crippen LogP contribution in [0.2, 0.25) is 0 Å². The number of hydrogen-bond donors (Lipinski definition) is 0. The van der Waals surface area contributed by atoms with Crippen LogP contribution in [-0.2, 0) is 20.8 Å². The molecule has 1 saturated carbocycles. The van der Waals surface area contributed by atoms with Crippen molar-refractivity contribution in [2.45, 2.75) is 44.9 Å². The molecule has 0 radical (unpaired) electrons. The number of amides is 2. The highest BCUT2D eigenvalue weighted by Gasteiger charge is 2.52. The standard InChI is InChI=1S/C21H27FN2O3/c22-17-6-3-5-16(13-17)14-19(25)23-11-9-21(15-23)8-4-7-18(21)20(26)24-10-1-2-12-27-24/h3,5-6,13,18H,1-2,4,7-12,14-15H2/t18-,21+/m0/s1. The molecule has 0 N–H and O–H groups in total. The second kappa shape index (κ2) is 7.58. The summed E-state index contributed by atoms with van der Waals surface area (Å²) in [5.74, 6) is -0.250. The highest BCUT2D eigenvalue weighted by molar-refractivity contribution is 5.81. The topological polar surface area (TPSA) is 49.9 Å². The largest absolute Gasteiger partial charge is 0.342 e. The molecule has 4 rings (SSSR count). The van der Waals surface area contributed by atoms with Crippen LogP contribution in [0.4, 0.5) is 4.39 Å². The minimum Gasteiger partial charge on any atom is -0.342 e. The first kappa shape index (κ1) is 18.4. The van der Waals surface area contributed by atoms with E-state index >= 15 is 0 Å². The molecule has 0 unspecified atom stereocenters. The number of rotatable bonds is 3. The first-order valence-electron chi connectivity index (χ1n) is 10.0. The van der Waals surface area contributed by atoms with Crippen molar-refractivity contribution in [2.24, 2.45) is 11.3 Å². The van der Waals surface area contributed by atoms with Gasteiger partial charge in [-0.05, 0) is 49.8 Å². The number of benzene rings is 1. The molecule has 1 spiro atoms. The van der Waals surface area contributed by atoms with Crippen LogP contribution in [0, 0.1) is 17.2 Å². The lowest BCUT2D eigenvalue weighted by Gasteiger charge is -2.35. The highest BCUT2D eigenvalue weighted by Crippen LogP contribution is 2.50. The Morgan fingerprint density at radius 3 is 2.85 bits per heavy atom. The summed E-state index contributed by atoms with van der Waals surface area (Å²) in [6.45, 7) is 2.60. The van der Waals surface area contributed by atoms with Crippen molar-refractivity contribution in [1.29, 1.82) is 0 Å². The molecule has 0 aromatic heterocycles. The van der Waals surface area contributed by atoms with Crippen molar-refractivity contribution in [2.75, 3.05) is 26.2 Å². The quantitative estimate of drug-likeness (QED) is 0.817. The molecule has 3 fully saturated rings. The Hall–Kier alpha value is -1.95. The molecule has 1 aromatic carbocycles. The lowest BCUT2D eigenvalue weighted by molar-refractivity contribution is -0.204. The van der Waals surface area contributed by atoms with Crippen LogP contribution >= 0.6 is 0 Å². The molecule has 2 amide bonds. The molecule has 2 aliphatic heterocycles. The van der Waals surface area contributed by atoms with Gasteiger partial charge in [-0.25, -0.2) is 9.45 Å². The molecule has 5 nitrogen and oxygen atoms in total. The van der Waals surface area contributed by atoms with E-state index in [9.17, 15) is 14.0 Å². The SMILES string of the molecule is O=C(Cc1cccc(F)c1)N1CC[C@]2(CCC[C@H]2C(=O)N2CCCCO2)C1. The third kappa shape index (κ3) is 3.72. The van der Waals surface area contributed by atoms with Crippen LogP contribution in [0.1, 0.15) is 44.1 Å². The molecule has 2 atom stereocenters. The summed E-state index contributed by atoms with van der Waals surface area (Å²) in [5.41, 5.74) is 0.580. The van der Waals surface area contributed by atoms with E-state index in [0.717, 1.165) is 38.5 Å². The van der Waals surface area contributed by atoms with Gasteiger partial charge in [0, 0.05) is 31.0 Å². The summed E-state index contributed by atoms with van der Waals surface area (Å²) in [5, 5.41) is 1.57. The Morgan fingerprint density at radius 2 is 2.07 bits per heavy atom. The predicted octanol–water partition coefficient (Wildman–Crippen LogP) is 2.94. The monoisotopic (exact) mass is 374 g/mol. The van der Waals surface area contributed by atoms with Gasteiger partial charge in [-0.3, -0.25) is 14.4 Å². The van der Waals surface area contributed by atoms with Crippen molar-refractivity contribution in [3.63, 3.8) is 0 Å². The zero-order chi connectivity index (χ0) is 18.9. The van der Waals surface area contributed by atoms with Gasteiger partial charge in [0.2, 0.25) is 11.8 Å². The second-order valence-corrected chi connectivity index (χ2v) is 8.16. The van der Waals surface area contributed by atoms with Crippen molar-refractivity contribution >= 4 is 11.8 Å². The Kier molecular flexibility index (Phi) is 5.17. The Morgan fingerprint density at radius 1 is 1.19 bits per heavy atom.